The van der Waals surface area contributed by atoms with Crippen molar-refractivity contribution in [2.45, 2.75) is 6.18 Å². The Kier molecular flexibility index (Phi) is 3.31. The van der Waals surface area contributed by atoms with Crippen molar-refractivity contribution in [2.75, 3.05) is 0 Å². The van der Waals surface area contributed by atoms with E-state index < -0.39 is 23.2 Å². The molecule has 0 radical (unpaired) electrons. The van der Waals surface area contributed by atoms with Gasteiger partial charge in [0.25, 0.3) is 11.5 Å². The first-order valence-electron chi connectivity index (χ1n) is 5.36. The summed E-state index contributed by atoms with van der Waals surface area (Å²) in [5.74, 6) is -0.943. The second-order valence-electron chi connectivity index (χ2n) is 3.94. The van der Waals surface area contributed by atoms with Crippen molar-refractivity contribution in [1.29, 1.82) is 0 Å². The minimum Gasteiger partial charge on any atom is -0.365 e. The van der Waals surface area contributed by atoms with Crippen LogP contribution in [-0.4, -0.2) is 16.1 Å². The lowest BCUT2D eigenvalue weighted by Gasteiger charge is -2.07. The van der Waals surface area contributed by atoms with E-state index in [1.807, 2.05) is 0 Å². The molecule has 20 heavy (non-hydrogen) atoms. The molecule has 0 saturated heterocycles. The fraction of sp³-hybridized carbons (Fsp3) is 0.0833. The molecule has 1 heterocycles. The molecule has 0 fully saturated rings. The highest BCUT2D eigenvalue weighted by Crippen LogP contribution is 2.30. The van der Waals surface area contributed by atoms with E-state index in [1.165, 1.54) is 12.1 Å². The Bertz CT molecular complexity index is 705. The lowest BCUT2D eigenvalue weighted by Crippen LogP contribution is -2.24. The number of carbonyl (C=O) groups excluding carboxylic acids is 1. The largest absolute Gasteiger partial charge is 0.416 e. The van der Waals surface area contributed by atoms with Gasteiger partial charge in [-0.2, -0.15) is 18.3 Å². The van der Waals surface area contributed by atoms with Crippen molar-refractivity contribution in [3.63, 3.8) is 0 Å². The summed E-state index contributed by atoms with van der Waals surface area (Å²) in [6.07, 6.45) is -4.44. The summed E-state index contributed by atoms with van der Waals surface area (Å²) in [5.41, 5.74) is 3.60. The maximum absolute atomic E-state index is 12.4. The topological polar surface area (TPSA) is 88.8 Å². The monoisotopic (exact) mass is 283 g/mol. The number of aromatic nitrogens is 2. The highest BCUT2D eigenvalue weighted by atomic mass is 19.4. The van der Waals surface area contributed by atoms with Gasteiger partial charge in [-0.25, -0.2) is 5.10 Å². The van der Waals surface area contributed by atoms with Crippen LogP contribution in [0.3, 0.4) is 0 Å². The fourth-order valence-corrected chi connectivity index (χ4v) is 1.57. The third-order valence-electron chi connectivity index (χ3n) is 2.58. The smallest absolute Gasteiger partial charge is 0.365 e. The van der Waals surface area contributed by atoms with Crippen LogP contribution < -0.4 is 11.3 Å². The molecule has 1 aromatic carbocycles. The van der Waals surface area contributed by atoms with E-state index in [4.69, 9.17) is 5.73 Å². The Morgan fingerprint density at radius 3 is 2.30 bits per heavy atom. The van der Waals surface area contributed by atoms with Crippen LogP contribution in [0.25, 0.3) is 11.3 Å². The van der Waals surface area contributed by atoms with E-state index in [1.54, 1.807) is 0 Å². The van der Waals surface area contributed by atoms with E-state index in [0.717, 1.165) is 18.2 Å². The quantitative estimate of drug-likeness (QED) is 0.876. The Labute approximate surface area is 110 Å². The molecule has 0 atom stereocenters. The van der Waals surface area contributed by atoms with Gasteiger partial charge in [0.1, 0.15) is 5.56 Å². The first-order valence-corrected chi connectivity index (χ1v) is 5.36. The van der Waals surface area contributed by atoms with E-state index in [9.17, 15) is 22.8 Å². The Hall–Kier alpha value is -2.64. The number of alkyl halides is 3. The third kappa shape index (κ3) is 2.68. The standard InChI is InChI=1S/C12H8F3N3O2/c13-12(14,15)7-3-1-6(2-4-7)9-5-8(10(16)19)11(20)18-17-9/h1-5H,(H2,16,19)(H,18,20). The van der Waals surface area contributed by atoms with E-state index in [2.05, 4.69) is 10.2 Å². The highest BCUT2D eigenvalue weighted by molar-refractivity contribution is 5.93. The van der Waals surface area contributed by atoms with Crippen LogP contribution in [0.5, 0.6) is 0 Å². The number of nitrogens with one attached hydrogen (secondary N) is 1. The van der Waals surface area contributed by atoms with Crippen molar-refractivity contribution in [3.05, 3.63) is 51.8 Å². The van der Waals surface area contributed by atoms with Gasteiger partial charge in [-0.3, -0.25) is 9.59 Å². The molecule has 0 bridgehead atoms. The predicted octanol–water partition coefficient (Wildman–Crippen LogP) is 1.55. The number of carbonyl (C=O) groups is 1. The summed E-state index contributed by atoms with van der Waals surface area (Å²) in [6, 6.07) is 5.27. The Morgan fingerprint density at radius 2 is 1.80 bits per heavy atom. The Balaban J connectivity index is 2.45. The van der Waals surface area contributed by atoms with Crippen LogP contribution >= 0.6 is 0 Å². The van der Waals surface area contributed by atoms with Crippen molar-refractivity contribution >= 4 is 5.91 Å². The molecule has 8 heteroatoms. The zero-order valence-electron chi connectivity index (χ0n) is 9.86. The zero-order valence-corrected chi connectivity index (χ0v) is 9.86. The molecule has 1 amide bonds. The van der Waals surface area contributed by atoms with Gasteiger partial charge in [-0.05, 0) is 18.2 Å². The van der Waals surface area contributed by atoms with Crippen LogP contribution in [0, 0.1) is 0 Å². The molecular formula is C12H8F3N3O2. The number of rotatable bonds is 2. The molecular weight excluding hydrogens is 275 g/mol. The number of benzene rings is 1. The van der Waals surface area contributed by atoms with Gasteiger partial charge in [0.15, 0.2) is 0 Å². The highest BCUT2D eigenvalue weighted by Gasteiger charge is 2.30. The summed E-state index contributed by atoms with van der Waals surface area (Å²) in [6.45, 7) is 0. The number of aromatic amines is 1. The predicted molar refractivity (Wildman–Crippen MR) is 63.8 cm³/mol. The van der Waals surface area contributed by atoms with E-state index in [0.29, 0.717) is 5.56 Å². The molecule has 0 aliphatic carbocycles. The number of nitrogens with zero attached hydrogens (tertiary/aromatic N) is 1. The minimum atomic E-state index is -4.44. The number of hydrogen-bond donors (Lipinski definition) is 2. The van der Waals surface area contributed by atoms with Gasteiger partial charge >= 0.3 is 6.18 Å². The number of halogens is 3. The summed E-state index contributed by atoms with van der Waals surface area (Å²) in [7, 11) is 0. The van der Waals surface area contributed by atoms with Gasteiger partial charge < -0.3 is 5.73 Å². The van der Waals surface area contributed by atoms with Crippen LogP contribution in [-0.2, 0) is 6.18 Å². The lowest BCUT2D eigenvalue weighted by molar-refractivity contribution is -0.137. The summed E-state index contributed by atoms with van der Waals surface area (Å²) < 4.78 is 37.3. The van der Waals surface area contributed by atoms with Crippen LogP contribution in [0.1, 0.15) is 15.9 Å². The molecule has 1 aromatic heterocycles. The number of hydrogen-bond acceptors (Lipinski definition) is 3. The summed E-state index contributed by atoms with van der Waals surface area (Å²) in [4.78, 5) is 22.3. The van der Waals surface area contributed by atoms with Gasteiger partial charge in [0, 0.05) is 5.56 Å². The molecule has 3 N–H and O–H groups in total. The van der Waals surface area contributed by atoms with Crippen molar-refractivity contribution in [1.82, 2.24) is 10.2 Å². The Morgan fingerprint density at radius 1 is 1.20 bits per heavy atom. The molecule has 2 rings (SSSR count). The van der Waals surface area contributed by atoms with Crippen LogP contribution in [0.15, 0.2) is 35.1 Å². The first-order chi connectivity index (χ1) is 9.29. The molecule has 104 valence electrons. The molecule has 0 aliphatic heterocycles. The van der Waals surface area contributed by atoms with Crippen molar-refractivity contribution in [2.24, 2.45) is 5.73 Å². The van der Waals surface area contributed by atoms with Gasteiger partial charge in [-0.1, -0.05) is 12.1 Å². The maximum Gasteiger partial charge on any atom is 0.416 e. The molecule has 0 unspecified atom stereocenters. The third-order valence-corrected chi connectivity index (χ3v) is 2.58. The van der Waals surface area contributed by atoms with Crippen molar-refractivity contribution in [3.8, 4) is 11.3 Å². The van der Waals surface area contributed by atoms with E-state index >= 15 is 0 Å². The normalized spacial score (nSPS) is 11.3. The average molecular weight is 283 g/mol. The number of amides is 1. The van der Waals surface area contributed by atoms with Crippen LogP contribution in [0.2, 0.25) is 0 Å². The number of H-pyrrole nitrogens is 1. The van der Waals surface area contributed by atoms with Crippen LogP contribution in [0.4, 0.5) is 13.2 Å². The molecule has 0 aliphatic rings. The molecule has 0 saturated carbocycles. The van der Waals surface area contributed by atoms with E-state index in [-0.39, 0.29) is 11.3 Å². The second-order valence-corrected chi connectivity index (χ2v) is 3.94. The van der Waals surface area contributed by atoms with Gasteiger partial charge in [-0.15, -0.1) is 0 Å². The SMILES string of the molecule is NC(=O)c1cc(-c2ccc(C(F)(F)F)cc2)n[nH]c1=O. The summed E-state index contributed by atoms with van der Waals surface area (Å²) in [5, 5.41) is 5.72. The summed E-state index contributed by atoms with van der Waals surface area (Å²) >= 11 is 0. The first kappa shape index (κ1) is 13.8. The molecule has 2 aromatic rings. The zero-order chi connectivity index (χ0) is 14.9. The fourth-order valence-electron chi connectivity index (χ4n) is 1.57. The minimum absolute atomic E-state index is 0.145. The average Bonchev–Trinajstić information content (AvgIpc) is 2.38. The lowest BCUT2D eigenvalue weighted by atomic mass is 10.1. The number of nitrogens with two attached hydrogens (primary N) is 1. The van der Waals surface area contributed by atoms with Crippen molar-refractivity contribution < 1.29 is 18.0 Å². The molecule has 0 spiro atoms. The maximum atomic E-state index is 12.4. The number of primary amides is 1. The molecule has 5 nitrogen and oxygen atoms in total. The second kappa shape index (κ2) is 4.80. The van der Waals surface area contributed by atoms with Gasteiger partial charge in [0.2, 0.25) is 0 Å². The van der Waals surface area contributed by atoms with Gasteiger partial charge in [0.05, 0.1) is 11.3 Å².